The van der Waals surface area contributed by atoms with Crippen molar-refractivity contribution in [1.29, 1.82) is 0 Å². The Balaban J connectivity index is 2.52. The van der Waals surface area contributed by atoms with Crippen molar-refractivity contribution in [2.24, 2.45) is 11.5 Å². The quantitative estimate of drug-likeness (QED) is 0.645. The second-order valence-electron chi connectivity index (χ2n) is 5.45. The van der Waals surface area contributed by atoms with E-state index in [0.717, 1.165) is 0 Å². The summed E-state index contributed by atoms with van der Waals surface area (Å²) in [6.07, 6.45) is 0. The van der Waals surface area contributed by atoms with E-state index in [-0.39, 0.29) is 23.9 Å². The molecule has 1 aliphatic heterocycles. The van der Waals surface area contributed by atoms with E-state index in [1.165, 1.54) is 0 Å². The predicted octanol–water partition coefficient (Wildman–Crippen LogP) is -1.62. The summed E-state index contributed by atoms with van der Waals surface area (Å²) in [5.41, 5.74) is 10.7. The molecule has 0 aromatic heterocycles. The third-order valence-electron chi connectivity index (χ3n) is 4.01. The summed E-state index contributed by atoms with van der Waals surface area (Å²) in [4.78, 5) is 26.5. The van der Waals surface area contributed by atoms with Crippen LogP contribution in [0.4, 0.5) is 0 Å². The molecule has 0 spiro atoms. The molecular weight excluding hydrogens is 288 g/mol. The first-order valence-electron chi connectivity index (χ1n) is 7.65. The fourth-order valence-corrected chi connectivity index (χ4v) is 2.29. The molecule has 1 saturated heterocycles. The number of primary amides is 2. The standard InChI is InChI=1S/C14H28N4O4/c1-11(13(15)19)17-3-7-21-9-5-18(12(2)14(16)20)6-10-22-8-4-17/h11-12H,3-10H2,1-2H3,(H2,15,19)(H2,16,20)/t11-,12-/m1/s1. The molecule has 2 atom stereocenters. The largest absolute Gasteiger partial charge is 0.379 e. The Morgan fingerprint density at radius 2 is 1.05 bits per heavy atom. The number of ether oxygens (including phenoxy) is 2. The van der Waals surface area contributed by atoms with Gasteiger partial charge >= 0.3 is 0 Å². The third-order valence-corrected chi connectivity index (χ3v) is 4.01. The van der Waals surface area contributed by atoms with Crippen molar-refractivity contribution in [3.63, 3.8) is 0 Å². The molecule has 1 rings (SSSR count). The summed E-state index contributed by atoms with van der Waals surface area (Å²) < 4.78 is 11.2. The average Bonchev–Trinajstić information content (AvgIpc) is 2.46. The van der Waals surface area contributed by atoms with Crippen molar-refractivity contribution in [2.45, 2.75) is 25.9 Å². The normalized spacial score (nSPS) is 23.0. The lowest BCUT2D eigenvalue weighted by molar-refractivity contribution is -0.123. The van der Waals surface area contributed by atoms with E-state index >= 15 is 0 Å². The second kappa shape index (κ2) is 9.73. The van der Waals surface area contributed by atoms with E-state index in [0.29, 0.717) is 52.6 Å². The van der Waals surface area contributed by atoms with Gasteiger partial charge < -0.3 is 20.9 Å². The van der Waals surface area contributed by atoms with E-state index in [2.05, 4.69) is 0 Å². The highest BCUT2D eigenvalue weighted by atomic mass is 16.5. The maximum absolute atomic E-state index is 11.3. The molecule has 2 amide bonds. The first kappa shape index (κ1) is 18.8. The van der Waals surface area contributed by atoms with E-state index in [1.54, 1.807) is 13.8 Å². The van der Waals surface area contributed by atoms with Crippen molar-refractivity contribution in [3.8, 4) is 0 Å². The monoisotopic (exact) mass is 316 g/mol. The molecule has 8 nitrogen and oxygen atoms in total. The molecule has 0 aromatic carbocycles. The van der Waals surface area contributed by atoms with E-state index in [9.17, 15) is 9.59 Å². The maximum Gasteiger partial charge on any atom is 0.234 e. The lowest BCUT2D eigenvalue weighted by Gasteiger charge is -2.30. The Kier molecular flexibility index (Phi) is 8.32. The van der Waals surface area contributed by atoms with Crippen LogP contribution in [-0.2, 0) is 19.1 Å². The molecule has 0 radical (unpaired) electrons. The molecule has 22 heavy (non-hydrogen) atoms. The summed E-state index contributed by atoms with van der Waals surface area (Å²) in [5, 5.41) is 0. The van der Waals surface area contributed by atoms with Crippen molar-refractivity contribution in [2.75, 3.05) is 52.6 Å². The van der Waals surface area contributed by atoms with Gasteiger partial charge in [-0.05, 0) is 13.8 Å². The molecule has 0 aromatic rings. The van der Waals surface area contributed by atoms with Crippen LogP contribution < -0.4 is 11.5 Å². The predicted molar refractivity (Wildman–Crippen MR) is 82.1 cm³/mol. The highest BCUT2D eigenvalue weighted by Crippen LogP contribution is 2.02. The number of amides is 2. The van der Waals surface area contributed by atoms with Crippen LogP contribution in [0, 0.1) is 0 Å². The van der Waals surface area contributed by atoms with Gasteiger partial charge in [-0.2, -0.15) is 0 Å². The minimum absolute atomic E-state index is 0.346. The lowest BCUT2D eigenvalue weighted by atomic mass is 10.2. The van der Waals surface area contributed by atoms with Gasteiger partial charge in [-0.25, -0.2) is 0 Å². The smallest absolute Gasteiger partial charge is 0.234 e. The molecule has 0 saturated carbocycles. The van der Waals surface area contributed by atoms with Gasteiger partial charge in [0.25, 0.3) is 0 Å². The number of carbonyl (C=O) groups excluding carboxylic acids is 2. The summed E-state index contributed by atoms with van der Waals surface area (Å²) in [5.74, 6) is -0.706. The zero-order chi connectivity index (χ0) is 16.5. The fourth-order valence-electron chi connectivity index (χ4n) is 2.29. The van der Waals surface area contributed by atoms with Crippen LogP contribution in [-0.4, -0.2) is 86.3 Å². The maximum atomic E-state index is 11.3. The second-order valence-corrected chi connectivity index (χ2v) is 5.45. The molecular formula is C14H28N4O4. The Morgan fingerprint density at radius 3 is 1.27 bits per heavy atom. The molecule has 1 aliphatic rings. The molecule has 0 unspecified atom stereocenters. The number of nitrogens with two attached hydrogens (primary N) is 2. The van der Waals surface area contributed by atoms with Gasteiger partial charge in [0.2, 0.25) is 11.8 Å². The van der Waals surface area contributed by atoms with E-state index < -0.39 is 0 Å². The Hall–Kier alpha value is -1.22. The lowest BCUT2D eigenvalue weighted by Crippen LogP contribution is -2.48. The molecule has 8 heteroatoms. The molecule has 1 heterocycles. The van der Waals surface area contributed by atoms with Crippen molar-refractivity contribution >= 4 is 11.8 Å². The van der Waals surface area contributed by atoms with E-state index in [4.69, 9.17) is 20.9 Å². The Labute approximate surface area is 131 Å². The van der Waals surface area contributed by atoms with Crippen LogP contribution in [0.25, 0.3) is 0 Å². The van der Waals surface area contributed by atoms with Crippen LogP contribution >= 0.6 is 0 Å². The van der Waals surface area contributed by atoms with Gasteiger partial charge in [0.15, 0.2) is 0 Å². The number of hydrogen-bond donors (Lipinski definition) is 2. The molecule has 128 valence electrons. The SMILES string of the molecule is C[C@H](C(N)=O)N1CCOCCN([C@H](C)C(N)=O)CCOCC1. The van der Waals surface area contributed by atoms with Gasteiger partial charge in [0, 0.05) is 26.2 Å². The molecule has 0 bridgehead atoms. The van der Waals surface area contributed by atoms with Crippen LogP contribution in [0.3, 0.4) is 0 Å². The van der Waals surface area contributed by atoms with Gasteiger partial charge in [0.05, 0.1) is 38.5 Å². The molecule has 4 N–H and O–H groups in total. The van der Waals surface area contributed by atoms with Crippen LogP contribution in [0.5, 0.6) is 0 Å². The first-order chi connectivity index (χ1) is 10.4. The average molecular weight is 316 g/mol. The van der Waals surface area contributed by atoms with Crippen molar-refractivity contribution in [3.05, 3.63) is 0 Å². The zero-order valence-electron chi connectivity index (χ0n) is 13.5. The fraction of sp³-hybridized carbons (Fsp3) is 0.857. The summed E-state index contributed by atoms with van der Waals surface area (Å²) in [6.45, 7) is 7.99. The number of rotatable bonds is 4. The minimum atomic E-state index is -0.353. The number of hydrogen-bond acceptors (Lipinski definition) is 6. The van der Waals surface area contributed by atoms with Crippen LogP contribution in [0.2, 0.25) is 0 Å². The highest BCUT2D eigenvalue weighted by molar-refractivity contribution is 5.79. The Morgan fingerprint density at radius 1 is 0.773 bits per heavy atom. The molecule has 1 fully saturated rings. The minimum Gasteiger partial charge on any atom is -0.379 e. The summed E-state index contributed by atoms with van der Waals surface area (Å²) in [6, 6.07) is -0.692. The van der Waals surface area contributed by atoms with E-state index in [1.807, 2.05) is 9.80 Å². The highest BCUT2D eigenvalue weighted by Gasteiger charge is 2.21. The summed E-state index contributed by atoms with van der Waals surface area (Å²) >= 11 is 0. The topological polar surface area (TPSA) is 111 Å². The van der Waals surface area contributed by atoms with Gasteiger partial charge in [-0.15, -0.1) is 0 Å². The summed E-state index contributed by atoms with van der Waals surface area (Å²) in [7, 11) is 0. The molecule has 0 aliphatic carbocycles. The number of nitrogens with zero attached hydrogens (tertiary/aromatic N) is 2. The van der Waals surface area contributed by atoms with Crippen molar-refractivity contribution in [1.82, 2.24) is 9.80 Å². The third kappa shape index (κ3) is 6.27. The van der Waals surface area contributed by atoms with Gasteiger partial charge in [-0.1, -0.05) is 0 Å². The number of carbonyl (C=O) groups is 2. The van der Waals surface area contributed by atoms with Gasteiger partial charge in [0.1, 0.15) is 0 Å². The van der Waals surface area contributed by atoms with Crippen LogP contribution in [0.15, 0.2) is 0 Å². The zero-order valence-corrected chi connectivity index (χ0v) is 13.5. The van der Waals surface area contributed by atoms with Crippen LogP contribution in [0.1, 0.15) is 13.8 Å². The van der Waals surface area contributed by atoms with Gasteiger partial charge in [-0.3, -0.25) is 19.4 Å². The Bertz CT molecular complexity index is 321. The van der Waals surface area contributed by atoms with Crippen molar-refractivity contribution < 1.29 is 19.1 Å². The first-order valence-corrected chi connectivity index (χ1v) is 7.65.